The molecule has 0 unspecified atom stereocenters. The molecule has 0 aliphatic heterocycles. The highest BCUT2D eigenvalue weighted by Gasteiger charge is 2.02. The van der Waals surface area contributed by atoms with Crippen molar-refractivity contribution >= 4 is 11.6 Å². The molecule has 0 aliphatic carbocycles. The molecule has 0 saturated heterocycles. The normalized spacial score (nSPS) is 11.4. The van der Waals surface area contributed by atoms with Crippen LogP contribution in [0, 0.1) is 0 Å². The van der Waals surface area contributed by atoms with Crippen LogP contribution in [0.1, 0.15) is 12.7 Å². The molecule has 100 valence electrons. The minimum absolute atomic E-state index is 0.410. The van der Waals surface area contributed by atoms with Crippen molar-refractivity contribution in [3.63, 3.8) is 0 Å². The van der Waals surface area contributed by atoms with E-state index in [2.05, 4.69) is 25.9 Å². The van der Waals surface area contributed by atoms with Crippen LogP contribution in [-0.4, -0.2) is 20.7 Å². The summed E-state index contributed by atoms with van der Waals surface area (Å²) in [6.07, 6.45) is 1.69. The summed E-state index contributed by atoms with van der Waals surface area (Å²) < 4.78 is 1.93. The smallest absolute Gasteiger partial charge is 0.210 e. The molecule has 0 bridgehead atoms. The fourth-order valence-electron chi connectivity index (χ4n) is 1.59. The first kappa shape index (κ1) is 13.0. The van der Waals surface area contributed by atoms with E-state index in [0.29, 0.717) is 12.5 Å². The summed E-state index contributed by atoms with van der Waals surface area (Å²) >= 11 is 0. The van der Waals surface area contributed by atoms with Crippen molar-refractivity contribution in [1.82, 2.24) is 20.2 Å². The molecule has 7 heteroatoms. The maximum absolute atomic E-state index is 5.44. The van der Waals surface area contributed by atoms with Gasteiger partial charge in [0.25, 0.3) is 0 Å². The number of nitrogens with two attached hydrogens (primary N) is 1. The minimum Gasteiger partial charge on any atom is -0.325 e. The third kappa shape index (κ3) is 3.52. The minimum atomic E-state index is 0.410. The van der Waals surface area contributed by atoms with E-state index in [1.807, 2.05) is 41.8 Å². The van der Waals surface area contributed by atoms with Gasteiger partial charge in [-0.25, -0.2) is 10.8 Å². The first-order valence-corrected chi connectivity index (χ1v) is 6.03. The Morgan fingerprint density at radius 2 is 2.16 bits per heavy atom. The first-order valence-electron chi connectivity index (χ1n) is 6.03. The lowest BCUT2D eigenvalue weighted by molar-refractivity contribution is 0.698. The molecule has 0 radical (unpaired) electrons. The summed E-state index contributed by atoms with van der Waals surface area (Å²) in [6.45, 7) is 3.25. The number of hydrazine groups is 1. The van der Waals surface area contributed by atoms with Gasteiger partial charge in [0.05, 0.1) is 0 Å². The van der Waals surface area contributed by atoms with Gasteiger partial charge in [0.15, 0.2) is 5.82 Å². The fraction of sp³-hybridized carbons (Fsp3) is 0.250. The third-order valence-electron chi connectivity index (χ3n) is 2.59. The van der Waals surface area contributed by atoms with Crippen LogP contribution in [0.5, 0.6) is 0 Å². The number of nitrogens with one attached hydrogen (secondary N) is 2. The standard InChI is InChI=1S/C12H17N7/c1-2-19-9-15-18-11(19)8-14-12(17-13)16-10-6-4-3-5-7-10/h3-7,9H,2,8,13H2,1H3,(H2,14,16,17). The predicted molar refractivity (Wildman–Crippen MR) is 74.2 cm³/mol. The van der Waals surface area contributed by atoms with Crippen molar-refractivity contribution in [3.8, 4) is 0 Å². The Morgan fingerprint density at radius 3 is 2.84 bits per heavy atom. The van der Waals surface area contributed by atoms with Gasteiger partial charge in [-0.3, -0.25) is 5.43 Å². The van der Waals surface area contributed by atoms with Crippen LogP contribution in [0.15, 0.2) is 41.7 Å². The van der Waals surface area contributed by atoms with Crippen LogP contribution >= 0.6 is 0 Å². The summed E-state index contributed by atoms with van der Waals surface area (Å²) in [5.41, 5.74) is 3.45. The van der Waals surface area contributed by atoms with Crippen molar-refractivity contribution in [2.45, 2.75) is 20.0 Å². The van der Waals surface area contributed by atoms with Crippen molar-refractivity contribution in [2.24, 2.45) is 10.8 Å². The molecule has 1 aromatic carbocycles. The van der Waals surface area contributed by atoms with Crippen LogP contribution in [0.4, 0.5) is 5.69 Å². The van der Waals surface area contributed by atoms with Gasteiger partial charge in [-0.15, -0.1) is 10.2 Å². The van der Waals surface area contributed by atoms with Gasteiger partial charge in [0, 0.05) is 12.2 Å². The number of hydrogen-bond acceptors (Lipinski definition) is 4. The molecular formula is C12H17N7. The number of aliphatic imine (C=N–C) groups is 1. The fourth-order valence-corrected chi connectivity index (χ4v) is 1.59. The van der Waals surface area contributed by atoms with Gasteiger partial charge in [0.1, 0.15) is 12.9 Å². The molecule has 0 saturated carbocycles. The molecular weight excluding hydrogens is 242 g/mol. The summed E-state index contributed by atoms with van der Waals surface area (Å²) in [5, 5.41) is 10.9. The number of anilines is 1. The maximum Gasteiger partial charge on any atom is 0.210 e. The van der Waals surface area contributed by atoms with Gasteiger partial charge in [-0.1, -0.05) is 18.2 Å². The van der Waals surface area contributed by atoms with Gasteiger partial charge in [-0.2, -0.15) is 0 Å². The lowest BCUT2D eigenvalue weighted by Gasteiger charge is -2.08. The van der Waals surface area contributed by atoms with Crippen LogP contribution in [0.3, 0.4) is 0 Å². The van der Waals surface area contributed by atoms with E-state index in [1.54, 1.807) is 6.33 Å². The topological polar surface area (TPSA) is 93.2 Å². The highest BCUT2D eigenvalue weighted by atomic mass is 15.3. The molecule has 0 fully saturated rings. The predicted octanol–water partition coefficient (Wildman–Crippen LogP) is 0.729. The van der Waals surface area contributed by atoms with E-state index in [4.69, 9.17) is 5.84 Å². The zero-order chi connectivity index (χ0) is 13.5. The molecule has 0 aliphatic rings. The van der Waals surface area contributed by atoms with E-state index in [-0.39, 0.29) is 0 Å². The maximum atomic E-state index is 5.44. The number of nitrogens with zero attached hydrogens (tertiary/aromatic N) is 4. The van der Waals surface area contributed by atoms with Crippen molar-refractivity contribution in [1.29, 1.82) is 0 Å². The summed E-state index contributed by atoms with van der Waals surface area (Å²) in [4.78, 5) is 4.33. The number of aryl methyl sites for hydroxylation is 1. The zero-order valence-corrected chi connectivity index (χ0v) is 10.7. The molecule has 0 spiro atoms. The molecule has 0 atom stereocenters. The van der Waals surface area contributed by atoms with E-state index in [9.17, 15) is 0 Å². The Morgan fingerprint density at radius 1 is 1.37 bits per heavy atom. The van der Waals surface area contributed by atoms with Crippen LogP contribution < -0.4 is 16.6 Å². The highest BCUT2D eigenvalue weighted by Crippen LogP contribution is 2.04. The number of aromatic nitrogens is 3. The monoisotopic (exact) mass is 259 g/mol. The van der Waals surface area contributed by atoms with Gasteiger partial charge >= 0.3 is 0 Å². The van der Waals surface area contributed by atoms with Crippen molar-refractivity contribution < 1.29 is 0 Å². The molecule has 0 amide bonds. The number of benzene rings is 1. The summed E-state index contributed by atoms with van der Waals surface area (Å²) in [7, 11) is 0. The average Bonchev–Trinajstić information content (AvgIpc) is 2.92. The Balaban J connectivity index is 2.03. The molecule has 7 nitrogen and oxygen atoms in total. The highest BCUT2D eigenvalue weighted by molar-refractivity contribution is 5.93. The number of hydrogen-bond donors (Lipinski definition) is 3. The van der Waals surface area contributed by atoms with E-state index in [0.717, 1.165) is 18.1 Å². The third-order valence-corrected chi connectivity index (χ3v) is 2.59. The largest absolute Gasteiger partial charge is 0.325 e. The van der Waals surface area contributed by atoms with Crippen molar-refractivity contribution in [2.75, 3.05) is 5.32 Å². The number of para-hydroxylation sites is 1. The zero-order valence-electron chi connectivity index (χ0n) is 10.7. The number of guanidine groups is 1. The van der Waals surface area contributed by atoms with E-state index < -0.39 is 0 Å². The lowest BCUT2D eigenvalue weighted by atomic mass is 10.3. The summed E-state index contributed by atoms with van der Waals surface area (Å²) in [6, 6.07) is 9.68. The molecule has 1 aromatic heterocycles. The second-order valence-corrected chi connectivity index (χ2v) is 3.83. The van der Waals surface area contributed by atoms with E-state index in [1.165, 1.54) is 0 Å². The first-order chi connectivity index (χ1) is 9.33. The molecule has 4 N–H and O–H groups in total. The quantitative estimate of drug-likeness (QED) is 0.326. The number of rotatable bonds is 4. The average molecular weight is 259 g/mol. The second-order valence-electron chi connectivity index (χ2n) is 3.83. The van der Waals surface area contributed by atoms with Gasteiger partial charge in [0.2, 0.25) is 5.96 Å². The second kappa shape index (κ2) is 6.50. The molecule has 1 heterocycles. The Kier molecular flexibility index (Phi) is 4.46. The van der Waals surface area contributed by atoms with Crippen LogP contribution in [-0.2, 0) is 13.1 Å². The SMILES string of the molecule is CCn1cnnc1CN=C(NN)Nc1ccccc1. The summed E-state index contributed by atoms with van der Waals surface area (Å²) in [5.74, 6) is 6.72. The molecule has 2 rings (SSSR count). The van der Waals surface area contributed by atoms with E-state index >= 15 is 0 Å². The molecule has 19 heavy (non-hydrogen) atoms. The Hall–Kier alpha value is -2.41. The molecule has 2 aromatic rings. The van der Waals surface area contributed by atoms with Crippen LogP contribution in [0.2, 0.25) is 0 Å². The van der Waals surface area contributed by atoms with Gasteiger partial charge in [-0.05, 0) is 19.1 Å². The van der Waals surface area contributed by atoms with Crippen LogP contribution in [0.25, 0.3) is 0 Å². The van der Waals surface area contributed by atoms with Gasteiger partial charge < -0.3 is 9.88 Å². The lowest BCUT2D eigenvalue weighted by Crippen LogP contribution is -2.36. The Labute approximate surface area is 111 Å². The van der Waals surface area contributed by atoms with Crippen molar-refractivity contribution in [3.05, 3.63) is 42.5 Å². The Bertz CT molecular complexity index is 532.